The van der Waals surface area contributed by atoms with Gasteiger partial charge in [0.05, 0.1) is 39.6 Å². The average molecular weight is 533 g/mol. The van der Waals surface area contributed by atoms with Gasteiger partial charge in [0.15, 0.2) is 0 Å². The van der Waals surface area contributed by atoms with Gasteiger partial charge in [-0.2, -0.15) is 0 Å². The Bertz CT molecular complexity index is 842. The highest BCUT2D eigenvalue weighted by molar-refractivity contribution is 5.46. The van der Waals surface area contributed by atoms with E-state index in [1.54, 1.807) is 0 Å². The second-order valence-corrected chi connectivity index (χ2v) is 9.06. The van der Waals surface area contributed by atoms with Gasteiger partial charge in [-0.1, -0.05) is 17.7 Å². The molecule has 2 rings (SSSR count). The van der Waals surface area contributed by atoms with Crippen molar-refractivity contribution in [3.63, 3.8) is 0 Å². The molecule has 0 aliphatic rings. The summed E-state index contributed by atoms with van der Waals surface area (Å²) in [5, 5.41) is 0. The van der Waals surface area contributed by atoms with Gasteiger partial charge >= 0.3 is 0 Å². The van der Waals surface area contributed by atoms with Crippen LogP contribution in [0.1, 0.15) is 33.4 Å². The first-order valence-corrected chi connectivity index (χ1v) is 13.3. The summed E-state index contributed by atoms with van der Waals surface area (Å²) in [6.45, 7) is 17.9. The molecule has 2 N–H and O–H groups in total. The summed E-state index contributed by atoms with van der Waals surface area (Å²) in [7, 11) is 0. The smallest absolute Gasteiger partial charge is 0.126 e. The van der Waals surface area contributed by atoms with Crippen molar-refractivity contribution in [2.45, 2.75) is 41.5 Å². The Morgan fingerprint density at radius 1 is 0.447 bits per heavy atom. The van der Waals surface area contributed by atoms with Gasteiger partial charge in [0.25, 0.3) is 0 Å². The van der Waals surface area contributed by atoms with Gasteiger partial charge in [0, 0.05) is 18.8 Å². The van der Waals surface area contributed by atoms with Gasteiger partial charge in [-0.25, -0.2) is 0 Å². The van der Waals surface area contributed by atoms with E-state index < -0.39 is 0 Å². The normalized spacial score (nSPS) is 10.7. The van der Waals surface area contributed by atoms with Crippen LogP contribution < -0.4 is 9.47 Å². The molecule has 0 aliphatic heterocycles. The number of rotatable bonds is 18. The zero-order chi connectivity index (χ0) is 28.2. The van der Waals surface area contributed by atoms with E-state index in [2.05, 4.69) is 39.8 Å². The highest BCUT2D eigenvalue weighted by Gasteiger charge is 2.08. The molecule has 0 radical (unpaired) electrons. The van der Waals surface area contributed by atoms with Crippen LogP contribution in [0.3, 0.4) is 0 Å². The van der Waals surface area contributed by atoms with Gasteiger partial charge in [-0.15, -0.1) is 13.1 Å². The Morgan fingerprint density at radius 2 is 0.789 bits per heavy atom. The zero-order valence-corrected chi connectivity index (χ0v) is 24.2. The van der Waals surface area contributed by atoms with Crippen LogP contribution in [0.4, 0.5) is 0 Å². The first-order valence-electron chi connectivity index (χ1n) is 13.3. The number of hydrogen-bond acceptors (Lipinski definition) is 6. The molecule has 0 heterocycles. The summed E-state index contributed by atoms with van der Waals surface area (Å²) in [5.41, 5.74) is 21.6. The second-order valence-electron chi connectivity index (χ2n) is 9.06. The minimum atomic E-state index is 0.271. The Morgan fingerprint density at radius 3 is 1.18 bits per heavy atom. The molecule has 0 fully saturated rings. The third-order valence-corrected chi connectivity index (χ3v) is 5.74. The molecular formula is C30H48N2O6-2. The van der Waals surface area contributed by atoms with E-state index in [-0.39, 0.29) is 13.1 Å². The molecule has 8 heteroatoms. The highest BCUT2D eigenvalue weighted by atomic mass is 16.6. The highest BCUT2D eigenvalue weighted by Crippen LogP contribution is 2.29. The van der Waals surface area contributed by atoms with Gasteiger partial charge in [0.1, 0.15) is 24.7 Å². The van der Waals surface area contributed by atoms with Crippen molar-refractivity contribution in [2.24, 2.45) is 0 Å². The molecule has 216 valence electrons. The van der Waals surface area contributed by atoms with Crippen molar-refractivity contribution in [1.29, 1.82) is 0 Å². The fourth-order valence-corrected chi connectivity index (χ4v) is 3.55. The predicted octanol–water partition coefficient (Wildman–Crippen LogP) is 6.15. The van der Waals surface area contributed by atoms with Gasteiger partial charge in [-0.3, -0.25) is 0 Å². The molecule has 0 unspecified atom stereocenters. The number of nitrogens with one attached hydrogen (secondary N) is 2. The van der Waals surface area contributed by atoms with Crippen LogP contribution in [0.25, 0.3) is 11.5 Å². The fraction of sp³-hybridized carbons (Fsp3) is 0.600. The minimum absolute atomic E-state index is 0.271. The van der Waals surface area contributed by atoms with Crippen molar-refractivity contribution in [3.05, 3.63) is 69.1 Å². The maximum absolute atomic E-state index is 6.98. The van der Waals surface area contributed by atoms with Crippen molar-refractivity contribution in [1.82, 2.24) is 0 Å². The van der Waals surface area contributed by atoms with Gasteiger partial charge in [0.2, 0.25) is 0 Å². The van der Waals surface area contributed by atoms with Crippen LogP contribution in [-0.2, 0) is 18.9 Å². The molecule has 2 aromatic carbocycles. The summed E-state index contributed by atoms with van der Waals surface area (Å²) in [5.74, 6) is 1.57. The van der Waals surface area contributed by atoms with Crippen molar-refractivity contribution >= 4 is 0 Å². The maximum atomic E-state index is 6.98. The second kappa shape index (κ2) is 20.7. The fourth-order valence-electron chi connectivity index (χ4n) is 3.55. The molecule has 0 bridgehead atoms. The summed E-state index contributed by atoms with van der Waals surface area (Å²) in [6, 6.07) is 8.42. The van der Waals surface area contributed by atoms with Crippen LogP contribution in [-0.4, -0.2) is 79.2 Å². The van der Waals surface area contributed by atoms with E-state index in [1.165, 1.54) is 22.3 Å². The zero-order valence-electron chi connectivity index (χ0n) is 24.2. The average Bonchev–Trinajstić information content (AvgIpc) is 2.88. The molecule has 0 aromatic heterocycles. The topological polar surface area (TPSA) is 103 Å². The van der Waals surface area contributed by atoms with E-state index in [0.717, 1.165) is 22.6 Å². The largest absolute Gasteiger partial charge is 0.676 e. The van der Waals surface area contributed by atoms with Crippen LogP contribution in [0.2, 0.25) is 0 Å². The lowest BCUT2D eigenvalue weighted by molar-refractivity contribution is 0.0390. The van der Waals surface area contributed by atoms with Gasteiger partial charge < -0.3 is 39.9 Å². The van der Waals surface area contributed by atoms with E-state index in [0.29, 0.717) is 66.1 Å². The molecule has 0 aliphatic carbocycles. The third kappa shape index (κ3) is 14.7. The summed E-state index contributed by atoms with van der Waals surface area (Å²) in [4.78, 5) is 0. The van der Waals surface area contributed by atoms with Crippen LogP contribution in [0, 0.1) is 41.5 Å². The first kappa shape index (κ1) is 33.8. The summed E-state index contributed by atoms with van der Waals surface area (Å²) in [6.07, 6.45) is 0. The summed E-state index contributed by atoms with van der Waals surface area (Å²) < 4.78 is 32.9. The Kier molecular flexibility index (Phi) is 18.4. The first-order chi connectivity index (χ1) is 18.3. The van der Waals surface area contributed by atoms with E-state index in [4.69, 9.17) is 39.9 Å². The molecule has 2 aromatic rings. The molecule has 0 atom stereocenters. The molecule has 0 amide bonds. The number of hydrogen-bond donors (Lipinski definition) is 0. The lowest BCUT2D eigenvalue weighted by Gasteiger charge is -2.15. The lowest BCUT2D eigenvalue weighted by Crippen LogP contribution is -2.13. The molecule has 0 saturated heterocycles. The maximum Gasteiger partial charge on any atom is 0.126 e. The number of benzene rings is 2. The number of ether oxygens (including phenoxy) is 6. The van der Waals surface area contributed by atoms with Crippen molar-refractivity contribution in [3.8, 4) is 11.5 Å². The Labute approximate surface area is 229 Å². The SMILES string of the molecule is Cc1cc(C)c(C)c(C)c1.Cc1cc(OCCOCCOCC[NH-])c(C)c(OCCOCCOCC[NH-])c1. The molecule has 38 heavy (non-hydrogen) atoms. The molecular weight excluding hydrogens is 484 g/mol. The molecule has 8 nitrogen and oxygen atoms in total. The van der Waals surface area contributed by atoms with Crippen molar-refractivity contribution in [2.75, 3.05) is 79.2 Å². The van der Waals surface area contributed by atoms with Gasteiger partial charge in [-0.05, 0) is 75.9 Å². The van der Waals surface area contributed by atoms with Crippen LogP contribution in [0.5, 0.6) is 11.5 Å². The van der Waals surface area contributed by atoms with Crippen LogP contribution >= 0.6 is 0 Å². The summed E-state index contributed by atoms with van der Waals surface area (Å²) >= 11 is 0. The standard InChI is InChI=1S/C20H34N2O6.C10H14/c1-17-15-19(27-13-11-25-9-7-23-5-3-21)18(2)20(16-17)28-14-12-26-10-8-24-6-4-22;1-7-5-8(2)10(4)9(3)6-7/h15-16,21-22H,3-14H2,1-2H3;5-6H,1-4H3/q-2;. The van der Waals surface area contributed by atoms with Crippen LogP contribution in [0.15, 0.2) is 24.3 Å². The van der Waals surface area contributed by atoms with E-state index >= 15 is 0 Å². The third-order valence-electron chi connectivity index (χ3n) is 5.74. The molecule has 0 spiro atoms. The predicted molar refractivity (Wildman–Crippen MR) is 154 cm³/mol. The lowest BCUT2D eigenvalue weighted by atomic mass is 10.0. The quantitative estimate of drug-likeness (QED) is 0.213. The minimum Gasteiger partial charge on any atom is -0.676 e. The van der Waals surface area contributed by atoms with E-state index in [9.17, 15) is 0 Å². The Hall–Kier alpha value is -2.20. The van der Waals surface area contributed by atoms with Crippen molar-refractivity contribution < 1.29 is 28.4 Å². The molecule has 0 saturated carbocycles. The Balaban J connectivity index is 0.000000600. The monoisotopic (exact) mass is 532 g/mol. The van der Waals surface area contributed by atoms with E-state index in [1.807, 2.05) is 26.0 Å². The number of aryl methyl sites for hydroxylation is 4.